The van der Waals surface area contributed by atoms with Gasteiger partial charge < -0.3 is 15.6 Å². The lowest BCUT2D eigenvalue weighted by atomic mass is 9.84. The number of rotatable bonds is 5. The minimum absolute atomic E-state index is 0.00502. The molecule has 0 aliphatic heterocycles. The molecule has 0 saturated heterocycles. The van der Waals surface area contributed by atoms with Crippen molar-refractivity contribution in [1.82, 2.24) is 0 Å². The van der Waals surface area contributed by atoms with Crippen LogP contribution in [0.5, 0.6) is 5.75 Å². The lowest BCUT2D eigenvalue weighted by Crippen LogP contribution is -2.14. The molecule has 0 amide bonds. The van der Waals surface area contributed by atoms with Gasteiger partial charge in [-0.3, -0.25) is 0 Å². The highest BCUT2D eigenvalue weighted by molar-refractivity contribution is 5.42. The van der Waals surface area contributed by atoms with Crippen LogP contribution in [0.25, 0.3) is 0 Å². The monoisotopic (exact) mass is 251 g/mol. The van der Waals surface area contributed by atoms with Gasteiger partial charge in [-0.25, -0.2) is 0 Å². The standard InChI is InChI=1S/C15H25NO2/c1-15(2,3)12-10-11(7-8-14(12)18-4)13(17)6-5-9-16/h7-8,10,13,17H,5-6,9,16H2,1-4H3. The molecular weight excluding hydrogens is 226 g/mol. The number of nitrogens with two attached hydrogens (primary N) is 1. The quantitative estimate of drug-likeness (QED) is 0.846. The summed E-state index contributed by atoms with van der Waals surface area (Å²) in [6, 6.07) is 5.90. The highest BCUT2D eigenvalue weighted by atomic mass is 16.5. The second-order valence-electron chi connectivity index (χ2n) is 5.66. The molecule has 0 spiro atoms. The van der Waals surface area contributed by atoms with E-state index in [0.29, 0.717) is 13.0 Å². The molecule has 18 heavy (non-hydrogen) atoms. The molecule has 0 saturated carbocycles. The first-order valence-corrected chi connectivity index (χ1v) is 6.46. The number of methoxy groups -OCH3 is 1. The summed E-state index contributed by atoms with van der Waals surface area (Å²) in [6.07, 6.45) is 1.09. The second-order valence-corrected chi connectivity index (χ2v) is 5.66. The summed E-state index contributed by atoms with van der Waals surface area (Å²) in [5.74, 6) is 0.872. The van der Waals surface area contributed by atoms with Crippen LogP contribution in [0.15, 0.2) is 18.2 Å². The number of benzene rings is 1. The van der Waals surface area contributed by atoms with Crippen LogP contribution in [-0.2, 0) is 5.41 Å². The van der Waals surface area contributed by atoms with Crippen molar-refractivity contribution in [2.75, 3.05) is 13.7 Å². The first-order valence-electron chi connectivity index (χ1n) is 6.46. The minimum Gasteiger partial charge on any atom is -0.496 e. The molecule has 3 nitrogen and oxygen atoms in total. The van der Waals surface area contributed by atoms with Crippen molar-refractivity contribution in [1.29, 1.82) is 0 Å². The van der Waals surface area contributed by atoms with Gasteiger partial charge >= 0.3 is 0 Å². The molecule has 0 aromatic heterocycles. The van der Waals surface area contributed by atoms with E-state index in [1.165, 1.54) is 0 Å². The van der Waals surface area contributed by atoms with Crippen LogP contribution in [0, 0.1) is 0 Å². The maximum Gasteiger partial charge on any atom is 0.122 e. The Balaban J connectivity index is 3.03. The predicted octanol–water partition coefficient (Wildman–Crippen LogP) is 2.77. The van der Waals surface area contributed by atoms with Gasteiger partial charge in [0.05, 0.1) is 13.2 Å². The van der Waals surface area contributed by atoms with Gasteiger partial charge in [-0.1, -0.05) is 26.8 Å². The van der Waals surface area contributed by atoms with Crippen LogP contribution in [0.4, 0.5) is 0 Å². The van der Waals surface area contributed by atoms with Crippen molar-refractivity contribution in [3.63, 3.8) is 0 Å². The summed E-state index contributed by atoms with van der Waals surface area (Å²) in [5, 5.41) is 10.1. The van der Waals surface area contributed by atoms with E-state index >= 15 is 0 Å². The van der Waals surface area contributed by atoms with E-state index in [4.69, 9.17) is 10.5 Å². The van der Waals surface area contributed by atoms with E-state index in [2.05, 4.69) is 20.8 Å². The molecule has 1 atom stereocenters. The lowest BCUT2D eigenvalue weighted by Gasteiger charge is -2.24. The topological polar surface area (TPSA) is 55.5 Å². The molecule has 0 bridgehead atoms. The summed E-state index contributed by atoms with van der Waals surface area (Å²) < 4.78 is 5.39. The first kappa shape index (κ1) is 15.0. The second kappa shape index (κ2) is 6.21. The van der Waals surface area contributed by atoms with Crippen molar-refractivity contribution in [2.24, 2.45) is 5.73 Å². The Hall–Kier alpha value is -1.06. The van der Waals surface area contributed by atoms with Crippen molar-refractivity contribution in [2.45, 2.75) is 45.1 Å². The molecule has 3 N–H and O–H groups in total. The Morgan fingerprint density at radius 1 is 1.33 bits per heavy atom. The van der Waals surface area contributed by atoms with Crippen LogP contribution in [0.3, 0.4) is 0 Å². The van der Waals surface area contributed by atoms with E-state index in [-0.39, 0.29) is 5.41 Å². The smallest absolute Gasteiger partial charge is 0.122 e. The largest absolute Gasteiger partial charge is 0.496 e. The molecule has 3 heteroatoms. The molecule has 102 valence electrons. The molecule has 0 aliphatic carbocycles. The normalized spacial score (nSPS) is 13.4. The van der Waals surface area contributed by atoms with Gasteiger partial charge in [0.15, 0.2) is 0 Å². The molecule has 0 heterocycles. The van der Waals surface area contributed by atoms with E-state index in [1.54, 1.807) is 7.11 Å². The van der Waals surface area contributed by atoms with Crippen molar-refractivity contribution < 1.29 is 9.84 Å². The zero-order valence-electron chi connectivity index (χ0n) is 11.9. The van der Waals surface area contributed by atoms with Gasteiger partial charge in [-0.15, -0.1) is 0 Å². The third-order valence-corrected chi connectivity index (χ3v) is 3.10. The van der Waals surface area contributed by atoms with E-state index in [1.807, 2.05) is 18.2 Å². The molecule has 0 aliphatic rings. The maximum absolute atomic E-state index is 10.1. The van der Waals surface area contributed by atoms with Gasteiger partial charge in [0.2, 0.25) is 0 Å². The van der Waals surface area contributed by atoms with Gasteiger partial charge in [0.1, 0.15) is 5.75 Å². The molecule has 0 radical (unpaired) electrons. The average Bonchev–Trinajstić information content (AvgIpc) is 2.34. The molecule has 0 fully saturated rings. The Morgan fingerprint density at radius 3 is 2.50 bits per heavy atom. The number of hydrogen-bond donors (Lipinski definition) is 2. The van der Waals surface area contributed by atoms with Crippen LogP contribution in [-0.4, -0.2) is 18.8 Å². The first-order chi connectivity index (χ1) is 8.40. The molecular formula is C15H25NO2. The van der Waals surface area contributed by atoms with Crippen molar-refractivity contribution >= 4 is 0 Å². The Morgan fingerprint density at radius 2 is 2.00 bits per heavy atom. The van der Waals surface area contributed by atoms with Gasteiger partial charge in [-0.2, -0.15) is 0 Å². The van der Waals surface area contributed by atoms with Crippen LogP contribution >= 0.6 is 0 Å². The predicted molar refractivity (Wildman–Crippen MR) is 74.9 cm³/mol. The highest BCUT2D eigenvalue weighted by Gasteiger charge is 2.20. The Bertz CT molecular complexity index is 383. The molecule has 1 aromatic rings. The number of aliphatic hydroxyl groups excluding tert-OH is 1. The summed E-state index contributed by atoms with van der Waals surface area (Å²) in [4.78, 5) is 0. The van der Waals surface area contributed by atoms with Gasteiger partial charge in [-0.05, 0) is 48.1 Å². The summed E-state index contributed by atoms with van der Waals surface area (Å²) in [5.41, 5.74) is 7.52. The van der Waals surface area contributed by atoms with E-state index < -0.39 is 6.10 Å². The SMILES string of the molecule is COc1ccc(C(O)CCCN)cc1C(C)(C)C. The van der Waals surface area contributed by atoms with Crippen molar-refractivity contribution in [3.8, 4) is 5.75 Å². The van der Waals surface area contributed by atoms with Crippen LogP contribution < -0.4 is 10.5 Å². The minimum atomic E-state index is -0.444. The summed E-state index contributed by atoms with van der Waals surface area (Å²) in [6.45, 7) is 7.03. The van der Waals surface area contributed by atoms with E-state index in [9.17, 15) is 5.11 Å². The number of ether oxygens (including phenoxy) is 1. The third-order valence-electron chi connectivity index (χ3n) is 3.10. The molecule has 1 unspecified atom stereocenters. The van der Waals surface area contributed by atoms with Gasteiger partial charge in [0.25, 0.3) is 0 Å². The average molecular weight is 251 g/mol. The number of aliphatic hydroxyl groups is 1. The fourth-order valence-corrected chi connectivity index (χ4v) is 2.00. The van der Waals surface area contributed by atoms with Crippen LogP contribution in [0.1, 0.15) is 50.8 Å². The lowest BCUT2D eigenvalue weighted by molar-refractivity contribution is 0.165. The zero-order valence-corrected chi connectivity index (χ0v) is 11.9. The van der Waals surface area contributed by atoms with E-state index in [0.717, 1.165) is 23.3 Å². The zero-order chi connectivity index (χ0) is 13.8. The van der Waals surface area contributed by atoms with Crippen LogP contribution in [0.2, 0.25) is 0 Å². The fourth-order valence-electron chi connectivity index (χ4n) is 2.00. The Labute approximate surface area is 110 Å². The molecule has 1 aromatic carbocycles. The fraction of sp³-hybridized carbons (Fsp3) is 0.600. The summed E-state index contributed by atoms with van der Waals surface area (Å²) in [7, 11) is 1.68. The molecule has 1 rings (SSSR count). The highest BCUT2D eigenvalue weighted by Crippen LogP contribution is 2.34. The Kier molecular flexibility index (Phi) is 5.17. The third kappa shape index (κ3) is 3.72. The van der Waals surface area contributed by atoms with Gasteiger partial charge in [0, 0.05) is 0 Å². The maximum atomic E-state index is 10.1. The summed E-state index contributed by atoms with van der Waals surface area (Å²) >= 11 is 0. The number of hydrogen-bond acceptors (Lipinski definition) is 3. The van der Waals surface area contributed by atoms with Crippen molar-refractivity contribution in [3.05, 3.63) is 29.3 Å².